The van der Waals surface area contributed by atoms with Crippen LogP contribution in [0.15, 0.2) is 30.3 Å². The zero-order valence-corrected chi connectivity index (χ0v) is 11.3. The van der Waals surface area contributed by atoms with Crippen molar-refractivity contribution in [3.8, 4) is 11.3 Å². The maximum Gasteiger partial charge on any atom is 0.148 e. The summed E-state index contributed by atoms with van der Waals surface area (Å²) < 4.78 is 0. The van der Waals surface area contributed by atoms with Crippen molar-refractivity contribution in [3.05, 3.63) is 35.9 Å². The number of benzene rings is 1. The van der Waals surface area contributed by atoms with E-state index in [9.17, 15) is 0 Å². The van der Waals surface area contributed by atoms with Gasteiger partial charge in [0.25, 0.3) is 0 Å². The monoisotopic (exact) mass is 243 g/mol. The van der Waals surface area contributed by atoms with Gasteiger partial charge in [-0.1, -0.05) is 38.1 Å². The van der Waals surface area contributed by atoms with E-state index in [0.717, 1.165) is 24.5 Å². The van der Waals surface area contributed by atoms with E-state index >= 15 is 0 Å². The van der Waals surface area contributed by atoms with Gasteiger partial charge >= 0.3 is 0 Å². The molecule has 3 nitrogen and oxygen atoms in total. The molecule has 0 unspecified atom stereocenters. The lowest BCUT2D eigenvalue weighted by molar-refractivity contribution is 0.647. The van der Waals surface area contributed by atoms with Crippen LogP contribution < -0.4 is 5.32 Å². The molecule has 96 valence electrons. The van der Waals surface area contributed by atoms with Gasteiger partial charge in [0.1, 0.15) is 5.82 Å². The Morgan fingerprint density at radius 2 is 1.94 bits per heavy atom. The van der Waals surface area contributed by atoms with Gasteiger partial charge < -0.3 is 5.32 Å². The Morgan fingerprint density at radius 1 is 1.22 bits per heavy atom. The van der Waals surface area contributed by atoms with E-state index in [2.05, 4.69) is 60.6 Å². The van der Waals surface area contributed by atoms with Crippen molar-refractivity contribution in [1.82, 2.24) is 10.2 Å². The first-order chi connectivity index (χ1) is 8.69. The Balaban J connectivity index is 2.12. The van der Waals surface area contributed by atoms with E-state index < -0.39 is 0 Å². The number of hydrogen-bond donors (Lipinski definition) is 2. The quantitative estimate of drug-likeness (QED) is 0.840. The number of aromatic nitrogens is 2. The van der Waals surface area contributed by atoms with E-state index in [1.807, 2.05) is 6.07 Å². The highest BCUT2D eigenvalue weighted by atomic mass is 15.2. The van der Waals surface area contributed by atoms with Crippen LogP contribution in [0, 0.1) is 5.92 Å². The molecule has 1 aromatic heterocycles. The van der Waals surface area contributed by atoms with Gasteiger partial charge in [-0.2, -0.15) is 5.10 Å². The Hall–Kier alpha value is -1.77. The first-order valence-electron chi connectivity index (χ1n) is 6.57. The van der Waals surface area contributed by atoms with Crippen LogP contribution in [0.2, 0.25) is 0 Å². The number of rotatable bonds is 5. The van der Waals surface area contributed by atoms with Crippen molar-refractivity contribution < 1.29 is 0 Å². The van der Waals surface area contributed by atoms with Gasteiger partial charge in [0.15, 0.2) is 0 Å². The van der Waals surface area contributed by atoms with Crippen LogP contribution in [0.5, 0.6) is 0 Å². The third-order valence-corrected chi connectivity index (χ3v) is 2.84. The van der Waals surface area contributed by atoms with Gasteiger partial charge in [0.05, 0.1) is 5.69 Å². The van der Waals surface area contributed by atoms with Gasteiger partial charge in [0.2, 0.25) is 0 Å². The molecule has 0 saturated heterocycles. The zero-order chi connectivity index (χ0) is 13.0. The highest BCUT2D eigenvalue weighted by molar-refractivity contribution is 5.62. The maximum absolute atomic E-state index is 4.22. The van der Waals surface area contributed by atoms with E-state index in [1.54, 1.807) is 0 Å². The molecule has 18 heavy (non-hydrogen) atoms. The molecule has 0 saturated carbocycles. The summed E-state index contributed by atoms with van der Waals surface area (Å²) in [7, 11) is 0. The lowest BCUT2D eigenvalue weighted by Gasteiger charge is -2.05. The second kappa shape index (κ2) is 5.71. The molecule has 0 spiro atoms. The Kier molecular flexibility index (Phi) is 4.03. The van der Waals surface area contributed by atoms with Gasteiger partial charge in [-0.25, -0.2) is 0 Å². The standard InChI is InChI=1S/C15H21N3/c1-4-16-15-10-14(17-18-15)13-7-5-12(6-8-13)9-11(2)3/h5-8,10-11H,4,9H2,1-3H3,(H2,16,17,18). The molecule has 0 aliphatic rings. The van der Waals surface area contributed by atoms with Gasteiger partial charge in [-0.15, -0.1) is 0 Å². The highest BCUT2D eigenvalue weighted by Crippen LogP contribution is 2.21. The molecule has 0 bridgehead atoms. The maximum atomic E-state index is 4.22. The molecule has 2 aromatic rings. The second-order valence-electron chi connectivity index (χ2n) is 4.99. The molecule has 0 aliphatic carbocycles. The van der Waals surface area contributed by atoms with Gasteiger partial charge in [-0.05, 0) is 30.4 Å². The number of aromatic amines is 1. The van der Waals surface area contributed by atoms with Crippen molar-refractivity contribution in [3.63, 3.8) is 0 Å². The average molecular weight is 243 g/mol. The van der Waals surface area contributed by atoms with Crippen LogP contribution in [0.1, 0.15) is 26.3 Å². The predicted octanol–water partition coefficient (Wildman–Crippen LogP) is 3.71. The number of hydrogen-bond acceptors (Lipinski definition) is 2. The molecule has 0 fully saturated rings. The van der Waals surface area contributed by atoms with Crippen molar-refractivity contribution in [2.75, 3.05) is 11.9 Å². The third kappa shape index (κ3) is 3.13. The first-order valence-corrected chi connectivity index (χ1v) is 6.57. The minimum atomic E-state index is 0.698. The molecule has 0 amide bonds. The Morgan fingerprint density at radius 3 is 2.56 bits per heavy atom. The molecule has 1 aromatic carbocycles. The second-order valence-corrected chi connectivity index (χ2v) is 4.99. The summed E-state index contributed by atoms with van der Waals surface area (Å²) in [5, 5.41) is 10.5. The van der Waals surface area contributed by atoms with Crippen LogP contribution in [-0.2, 0) is 6.42 Å². The van der Waals surface area contributed by atoms with Crippen LogP contribution in [0.3, 0.4) is 0 Å². The summed E-state index contributed by atoms with van der Waals surface area (Å²) in [6, 6.07) is 10.7. The summed E-state index contributed by atoms with van der Waals surface area (Å²) in [4.78, 5) is 0. The molecule has 2 rings (SSSR count). The van der Waals surface area contributed by atoms with Crippen molar-refractivity contribution in [1.29, 1.82) is 0 Å². The molecule has 0 radical (unpaired) electrons. The van der Waals surface area contributed by atoms with E-state index in [0.29, 0.717) is 5.92 Å². The van der Waals surface area contributed by atoms with E-state index in [4.69, 9.17) is 0 Å². The summed E-state index contributed by atoms with van der Waals surface area (Å²) in [5.41, 5.74) is 3.63. The number of anilines is 1. The molecular formula is C15H21N3. The van der Waals surface area contributed by atoms with Crippen LogP contribution >= 0.6 is 0 Å². The van der Waals surface area contributed by atoms with E-state index in [1.165, 1.54) is 11.1 Å². The normalized spacial score (nSPS) is 10.9. The molecular weight excluding hydrogens is 222 g/mol. The summed E-state index contributed by atoms with van der Waals surface area (Å²) in [6.45, 7) is 7.43. The molecule has 2 N–H and O–H groups in total. The van der Waals surface area contributed by atoms with Crippen molar-refractivity contribution in [2.24, 2.45) is 5.92 Å². The summed E-state index contributed by atoms with van der Waals surface area (Å²) in [5.74, 6) is 1.60. The fraction of sp³-hybridized carbons (Fsp3) is 0.400. The van der Waals surface area contributed by atoms with Crippen LogP contribution in [0.25, 0.3) is 11.3 Å². The highest BCUT2D eigenvalue weighted by Gasteiger charge is 2.03. The number of nitrogens with one attached hydrogen (secondary N) is 2. The average Bonchev–Trinajstić information content (AvgIpc) is 2.78. The van der Waals surface area contributed by atoms with Gasteiger partial charge in [-0.3, -0.25) is 5.10 Å². The predicted molar refractivity (Wildman–Crippen MR) is 76.7 cm³/mol. The SMILES string of the molecule is CCNc1cc(-c2ccc(CC(C)C)cc2)[nH]n1. The zero-order valence-electron chi connectivity index (χ0n) is 11.3. The third-order valence-electron chi connectivity index (χ3n) is 2.84. The number of H-pyrrole nitrogens is 1. The van der Waals surface area contributed by atoms with Crippen LogP contribution in [0.4, 0.5) is 5.82 Å². The number of nitrogens with zero attached hydrogens (tertiary/aromatic N) is 1. The Bertz CT molecular complexity index is 483. The Labute approximate surface area is 109 Å². The minimum Gasteiger partial charge on any atom is -0.369 e. The topological polar surface area (TPSA) is 40.7 Å². The smallest absolute Gasteiger partial charge is 0.148 e. The molecule has 0 aliphatic heterocycles. The summed E-state index contributed by atoms with van der Waals surface area (Å²) >= 11 is 0. The van der Waals surface area contributed by atoms with E-state index in [-0.39, 0.29) is 0 Å². The molecule has 3 heteroatoms. The molecule has 1 heterocycles. The van der Waals surface area contributed by atoms with Gasteiger partial charge in [0, 0.05) is 12.6 Å². The fourth-order valence-electron chi connectivity index (χ4n) is 2.03. The molecule has 0 atom stereocenters. The largest absolute Gasteiger partial charge is 0.369 e. The van der Waals surface area contributed by atoms with Crippen molar-refractivity contribution in [2.45, 2.75) is 27.2 Å². The fourth-order valence-corrected chi connectivity index (χ4v) is 2.03. The summed E-state index contributed by atoms with van der Waals surface area (Å²) in [6.07, 6.45) is 1.13. The first kappa shape index (κ1) is 12.7. The minimum absolute atomic E-state index is 0.698. The lowest BCUT2D eigenvalue weighted by atomic mass is 10.0. The lowest BCUT2D eigenvalue weighted by Crippen LogP contribution is -1.95. The van der Waals surface area contributed by atoms with Crippen LogP contribution in [-0.4, -0.2) is 16.7 Å². The van der Waals surface area contributed by atoms with Crippen molar-refractivity contribution >= 4 is 5.82 Å².